The van der Waals surface area contributed by atoms with Crippen molar-refractivity contribution in [3.63, 3.8) is 0 Å². The van der Waals surface area contributed by atoms with Crippen molar-refractivity contribution in [3.8, 4) is 0 Å². The number of benzene rings is 1. The van der Waals surface area contributed by atoms with Crippen molar-refractivity contribution < 1.29 is 13.2 Å². The predicted octanol–water partition coefficient (Wildman–Crippen LogP) is 0.0795. The van der Waals surface area contributed by atoms with E-state index in [1.807, 2.05) is 11.9 Å². The minimum absolute atomic E-state index is 0.0783. The topological polar surface area (TPSA) is 60.9 Å². The second kappa shape index (κ2) is 6.13. The maximum absolute atomic E-state index is 12.6. The van der Waals surface area contributed by atoms with Crippen LogP contribution in [-0.4, -0.2) is 75.2 Å². The van der Waals surface area contributed by atoms with Crippen LogP contribution in [0, 0.1) is 0 Å². The van der Waals surface area contributed by atoms with E-state index in [1.54, 1.807) is 44.4 Å². The lowest BCUT2D eigenvalue weighted by Crippen LogP contribution is -2.58. The lowest BCUT2D eigenvalue weighted by molar-refractivity contribution is -0.135. The number of amides is 1. The van der Waals surface area contributed by atoms with Gasteiger partial charge in [0.1, 0.15) is 6.04 Å². The molecule has 1 aliphatic rings. The zero-order valence-corrected chi connectivity index (χ0v) is 13.4. The van der Waals surface area contributed by atoms with Crippen LogP contribution in [0.3, 0.4) is 0 Å². The maximum atomic E-state index is 12.6. The van der Waals surface area contributed by atoms with Gasteiger partial charge in [0, 0.05) is 33.7 Å². The second-order valence-electron chi connectivity index (χ2n) is 5.41. The van der Waals surface area contributed by atoms with Gasteiger partial charge in [-0.2, -0.15) is 4.31 Å². The summed E-state index contributed by atoms with van der Waals surface area (Å²) in [6.07, 6.45) is 0. The molecule has 1 aliphatic heterocycles. The minimum atomic E-state index is -3.54. The molecule has 21 heavy (non-hydrogen) atoms. The van der Waals surface area contributed by atoms with Gasteiger partial charge in [-0.1, -0.05) is 18.2 Å². The van der Waals surface area contributed by atoms with Gasteiger partial charge in [-0.3, -0.25) is 9.69 Å². The van der Waals surface area contributed by atoms with Gasteiger partial charge < -0.3 is 4.90 Å². The molecule has 0 radical (unpaired) electrons. The largest absolute Gasteiger partial charge is 0.347 e. The summed E-state index contributed by atoms with van der Waals surface area (Å²) in [6, 6.07) is 7.90. The van der Waals surface area contributed by atoms with Gasteiger partial charge in [0.05, 0.1) is 4.90 Å². The van der Waals surface area contributed by atoms with Crippen LogP contribution in [0.4, 0.5) is 0 Å². The summed E-state index contributed by atoms with van der Waals surface area (Å²) in [4.78, 5) is 15.9. The van der Waals surface area contributed by atoms with Crippen molar-refractivity contribution in [2.45, 2.75) is 10.9 Å². The Balaban J connectivity index is 2.24. The van der Waals surface area contributed by atoms with E-state index < -0.39 is 16.1 Å². The summed E-state index contributed by atoms with van der Waals surface area (Å²) < 4.78 is 26.6. The van der Waals surface area contributed by atoms with Crippen LogP contribution in [0.15, 0.2) is 35.2 Å². The molecule has 2 rings (SSSR count). The SMILES string of the molecule is CN(C)C(=O)C1CN(S(=O)(=O)c2ccccc2)CCN1C. The van der Waals surface area contributed by atoms with Gasteiger partial charge in [0.15, 0.2) is 0 Å². The molecule has 1 fully saturated rings. The molecule has 0 spiro atoms. The lowest BCUT2D eigenvalue weighted by Gasteiger charge is -2.38. The molecule has 1 saturated heterocycles. The highest BCUT2D eigenvalue weighted by Gasteiger charge is 2.36. The van der Waals surface area contributed by atoms with Crippen LogP contribution in [0.25, 0.3) is 0 Å². The summed E-state index contributed by atoms with van der Waals surface area (Å²) in [7, 11) is 1.67. The van der Waals surface area contributed by atoms with E-state index in [1.165, 1.54) is 9.21 Å². The molecule has 0 aliphatic carbocycles. The molecule has 0 saturated carbocycles. The number of piperazine rings is 1. The lowest BCUT2D eigenvalue weighted by atomic mass is 10.2. The number of hydrogen-bond acceptors (Lipinski definition) is 4. The van der Waals surface area contributed by atoms with Crippen molar-refractivity contribution in [2.24, 2.45) is 0 Å². The standard InChI is InChI=1S/C14H21N3O3S/c1-15(2)14(18)13-11-17(10-9-16(13)3)21(19,20)12-7-5-4-6-8-12/h4-8,13H,9-11H2,1-3H3. The molecule has 6 nitrogen and oxygen atoms in total. The second-order valence-corrected chi connectivity index (χ2v) is 7.34. The van der Waals surface area contributed by atoms with E-state index in [0.29, 0.717) is 13.1 Å². The van der Waals surface area contributed by atoms with Crippen molar-refractivity contribution in [2.75, 3.05) is 40.8 Å². The molecule has 0 aromatic heterocycles. The third-order valence-electron chi connectivity index (χ3n) is 3.72. The molecule has 1 aromatic carbocycles. The van der Waals surface area contributed by atoms with E-state index in [2.05, 4.69) is 0 Å². The zero-order chi connectivity index (χ0) is 15.6. The summed E-state index contributed by atoms with van der Waals surface area (Å²) in [5.41, 5.74) is 0. The van der Waals surface area contributed by atoms with Crippen molar-refractivity contribution in [1.82, 2.24) is 14.1 Å². The third-order valence-corrected chi connectivity index (χ3v) is 5.60. The van der Waals surface area contributed by atoms with Crippen molar-refractivity contribution >= 4 is 15.9 Å². The zero-order valence-electron chi connectivity index (χ0n) is 12.6. The van der Waals surface area contributed by atoms with Gasteiger partial charge >= 0.3 is 0 Å². The predicted molar refractivity (Wildman–Crippen MR) is 80.3 cm³/mol. The van der Waals surface area contributed by atoms with Gasteiger partial charge in [0.2, 0.25) is 15.9 Å². The number of sulfonamides is 1. The molecule has 1 atom stereocenters. The monoisotopic (exact) mass is 311 g/mol. The summed E-state index contributed by atoms with van der Waals surface area (Å²) >= 11 is 0. The van der Waals surface area contributed by atoms with E-state index in [-0.39, 0.29) is 17.3 Å². The highest BCUT2D eigenvalue weighted by Crippen LogP contribution is 2.19. The number of nitrogens with zero attached hydrogens (tertiary/aromatic N) is 3. The molecule has 7 heteroatoms. The molecule has 1 unspecified atom stereocenters. The Morgan fingerprint density at radius 3 is 2.38 bits per heavy atom. The first-order valence-electron chi connectivity index (χ1n) is 6.80. The number of carbonyl (C=O) groups is 1. The van der Waals surface area contributed by atoms with Crippen LogP contribution < -0.4 is 0 Å². The Labute approximate surface area is 126 Å². The molecule has 1 amide bonds. The Kier molecular flexibility index (Phi) is 4.65. The van der Waals surface area contributed by atoms with E-state index in [4.69, 9.17) is 0 Å². The molecular weight excluding hydrogens is 290 g/mol. The van der Waals surface area contributed by atoms with Crippen LogP contribution in [0.1, 0.15) is 0 Å². The summed E-state index contributed by atoms with van der Waals surface area (Å²) in [6.45, 7) is 1.12. The fraction of sp³-hybridized carbons (Fsp3) is 0.500. The molecule has 1 aromatic rings. The van der Waals surface area contributed by atoms with Crippen molar-refractivity contribution in [1.29, 1.82) is 0 Å². The fourth-order valence-electron chi connectivity index (χ4n) is 2.37. The van der Waals surface area contributed by atoms with Gasteiger partial charge in [0.25, 0.3) is 0 Å². The average Bonchev–Trinajstić information content (AvgIpc) is 2.47. The fourth-order valence-corrected chi connectivity index (χ4v) is 3.83. The van der Waals surface area contributed by atoms with Crippen LogP contribution >= 0.6 is 0 Å². The average molecular weight is 311 g/mol. The Morgan fingerprint density at radius 2 is 1.81 bits per heavy atom. The van der Waals surface area contributed by atoms with E-state index >= 15 is 0 Å². The highest BCUT2D eigenvalue weighted by atomic mass is 32.2. The van der Waals surface area contributed by atoms with E-state index in [0.717, 1.165) is 0 Å². The Hall–Kier alpha value is -1.44. The van der Waals surface area contributed by atoms with Crippen LogP contribution in [0.5, 0.6) is 0 Å². The van der Waals surface area contributed by atoms with Crippen LogP contribution in [0.2, 0.25) is 0 Å². The molecule has 1 heterocycles. The highest BCUT2D eigenvalue weighted by molar-refractivity contribution is 7.89. The van der Waals surface area contributed by atoms with Gasteiger partial charge in [-0.15, -0.1) is 0 Å². The van der Waals surface area contributed by atoms with Crippen molar-refractivity contribution in [3.05, 3.63) is 30.3 Å². The Morgan fingerprint density at radius 1 is 1.19 bits per heavy atom. The van der Waals surface area contributed by atoms with Gasteiger partial charge in [-0.05, 0) is 19.2 Å². The smallest absolute Gasteiger partial charge is 0.243 e. The van der Waals surface area contributed by atoms with Crippen LogP contribution in [-0.2, 0) is 14.8 Å². The normalized spacial score (nSPS) is 21.2. The third kappa shape index (κ3) is 3.25. The first-order valence-corrected chi connectivity index (χ1v) is 8.24. The minimum Gasteiger partial charge on any atom is -0.347 e. The molecule has 116 valence electrons. The number of rotatable bonds is 3. The first kappa shape index (κ1) is 15.9. The van der Waals surface area contributed by atoms with Gasteiger partial charge in [-0.25, -0.2) is 8.42 Å². The molecule has 0 N–H and O–H groups in total. The number of hydrogen-bond donors (Lipinski definition) is 0. The molecular formula is C14H21N3O3S. The maximum Gasteiger partial charge on any atom is 0.243 e. The Bertz CT molecular complexity index is 601. The number of likely N-dealkylation sites (N-methyl/N-ethyl adjacent to an activating group) is 2. The number of carbonyl (C=O) groups excluding carboxylic acids is 1. The van der Waals surface area contributed by atoms with E-state index in [9.17, 15) is 13.2 Å². The first-order chi connectivity index (χ1) is 9.84. The quantitative estimate of drug-likeness (QED) is 0.793. The molecule has 0 bridgehead atoms. The summed E-state index contributed by atoms with van der Waals surface area (Å²) in [5, 5.41) is 0. The summed E-state index contributed by atoms with van der Waals surface area (Å²) in [5.74, 6) is -0.0783.